The quantitative estimate of drug-likeness (QED) is 0.646. The van der Waals surface area contributed by atoms with E-state index in [0.717, 1.165) is 22.9 Å². The molecule has 1 aromatic rings. The number of aromatic hydroxyl groups is 1. The Morgan fingerprint density at radius 1 is 1.32 bits per heavy atom. The molecule has 0 saturated heterocycles. The van der Waals surface area contributed by atoms with E-state index in [0.29, 0.717) is 10.2 Å². The summed E-state index contributed by atoms with van der Waals surface area (Å²) >= 11 is 6.80. The molecule has 0 unspecified atom stereocenters. The van der Waals surface area contributed by atoms with Crippen molar-refractivity contribution < 1.29 is 9.84 Å². The van der Waals surface area contributed by atoms with E-state index in [2.05, 4.69) is 38.8 Å². The van der Waals surface area contributed by atoms with E-state index in [4.69, 9.17) is 10.5 Å². The van der Waals surface area contributed by atoms with Crippen molar-refractivity contribution in [3.63, 3.8) is 0 Å². The van der Waals surface area contributed by atoms with Gasteiger partial charge in [-0.3, -0.25) is 0 Å². The molecule has 0 aliphatic heterocycles. The van der Waals surface area contributed by atoms with Gasteiger partial charge in [-0.15, -0.1) is 12.4 Å². The van der Waals surface area contributed by atoms with Crippen LogP contribution in [0.1, 0.15) is 44.2 Å². The average Bonchev–Trinajstić information content (AvgIpc) is 2.36. The first-order valence-electron chi connectivity index (χ1n) is 6.03. The van der Waals surface area contributed by atoms with Crippen LogP contribution in [0.15, 0.2) is 15.0 Å². The molecule has 110 valence electrons. The maximum absolute atomic E-state index is 9.86. The molecule has 3 nitrogen and oxygen atoms in total. The number of rotatable bonds is 6. The van der Waals surface area contributed by atoms with E-state index in [1.54, 1.807) is 6.07 Å². The Balaban J connectivity index is 0.00000324. The number of phenolic OH excluding ortho intramolecular Hbond substituents is 1. The first-order valence-corrected chi connectivity index (χ1v) is 7.61. The molecule has 0 radical (unpaired) electrons. The van der Waals surface area contributed by atoms with Crippen molar-refractivity contribution in [2.75, 3.05) is 7.11 Å². The largest absolute Gasteiger partial charge is 0.503 e. The van der Waals surface area contributed by atoms with E-state index in [1.165, 1.54) is 20.0 Å². The Hall–Kier alpha value is 0.0300. The lowest BCUT2D eigenvalue weighted by atomic mass is 10.0. The third-order valence-electron chi connectivity index (χ3n) is 2.91. The third kappa shape index (κ3) is 4.81. The molecule has 0 heterocycles. The number of unbranched alkanes of at least 4 members (excludes halogenated alkanes) is 2. The second-order valence-electron chi connectivity index (χ2n) is 4.25. The average molecular weight is 418 g/mol. The fourth-order valence-electron chi connectivity index (χ4n) is 1.81. The zero-order valence-electron chi connectivity index (χ0n) is 11.1. The molecule has 0 aromatic heterocycles. The minimum absolute atomic E-state index is 0. The van der Waals surface area contributed by atoms with Gasteiger partial charge in [0.15, 0.2) is 11.5 Å². The molecule has 6 heteroatoms. The smallest absolute Gasteiger partial charge is 0.173 e. The predicted octanol–water partition coefficient (Wildman–Crippen LogP) is 4.93. The van der Waals surface area contributed by atoms with Gasteiger partial charge in [0.25, 0.3) is 0 Å². The molecule has 0 bridgehead atoms. The van der Waals surface area contributed by atoms with E-state index in [1.807, 2.05) is 0 Å². The van der Waals surface area contributed by atoms with Gasteiger partial charge >= 0.3 is 0 Å². The molecule has 19 heavy (non-hydrogen) atoms. The number of phenols is 1. The summed E-state index contributed by atoms with van der Waals surface area (Å²) in [6.45, 7) is 2.17. The molecule has 1 rings (SSSR count). The highest BCUT2D eigenvalue weighted by Gasteiger charge is 2.18. The Kier molecular flexibility index (Phi) is 9.07. The van der Waals surface area contributed by atoms with Crippen LogP contribution in [0.3, 0.4) is 0 Å². The Morgan fingerprint density at radius 3 is 2.47 bits per heavy atom. The van der Waals surface area contributed by atoms with Crippen LogP contribution in [0.25, 0.3) is 0 Å². The molecule has 3 N–H and O–H groups in total. The Bertz CT molecular complexity index is 416. The van der Waals surface area contributed by atoms with Gasteiger partial charge in [-0.1, -0.05) is 26.2 Å². The molecule has 0 spiro atoms. The number of hydrogen-bond donors (Lipinski definition) is 2. The van der Waals surface area contributed by atoms with Crippen LogP contribution < -0.4 is 10.5 Å². The summed E-state index contributed by atoms with van der Waals surface area (Å²) in [6.07, 6.45) is 4.38. The van der Waals surface area contributed by atoms with Crippen LogP contribution in [-0.4, -0.2) is 12.2 Å². The Labute approximate surface area is 137 Å². The van der Waals surface area contributed by atoms with E-state index in [-0.39, 0.29) is 24.2 Å². The van der Waals surface area contributed by atoms with Crippen LogP contribution in [0, 0.1) is 0 Å². The van der Waals surface area contributed by atoms with Crippen molar-refractivity contribution in [1.29, 1.82) is 0 Å². The highest BCUT2D eigenvalue weighted by atomic mass is 79.9. The minimum atomic E-state index is -0.0586. The SMILES string of the molecule is CCCCC[C@@H](N)c1cc(OC)c(O)c(Br)c1Br.Cl. The topological polar surface area (TPSA) is 55.5 Å². The molecule has 0 aliphatic carbocycles. The first-order chi connectivity index (χ1) is 8.52. The molecular formula is C13H20Br2ClNO2. The number of halogens is 3. The van der Waals surface area contributed by atoms with Gasteiger partial charge in [0.1, 0.15) is 0 Å². The van der Waals surface area contributed by atoms with Gasteiger partial charge in [0.2, 0.25) is 0 Å². The predicted molar refractivity (Wildman–Crippen MR) is 88.4 cm³/mol. The van der Waals surface area contributed by atoms with Gasteiger partial charge in [-0.25, -0.2) is 0 Å². The second-order valence-corrected chi connectivity index (χ2v) is 5.83. The number of methoxy groups -OCH3 is 1. The van der Waals surface area contributed by atoms with Gasteiger partial charge in [0.05, 0.1) is 11.6 Å². The highest BCUT2D eigenvalue weighted by molar-refractivity contribution is 9.13. The molecule has 1 atom stereocenters. The number of benzene rings is 1. The van der Waals surface area contributed by atoms with E-state index in [9.17, 15) is 5.11 Å². The summed E-state index contributed by atoms with van der Waals surface area (Å²) in [6, 6.07) is 1.73. The van der Waals surface area contributed by atoms with E-state index < -0.39 is 0 Å². The fraction of sp³-hybridized carbons (Fsp3) is 0.538. The first kappa shape index (κ1) is 19.0. The maximum Gasteiger partial charge on any atom is 0.173 e. The van der Waals surface area contributed by atoms with Gasteiger partial charge in [0, 0.05) is 10.5 Å². The molecule has 1 aromatic carbocycles. The molecule has 0 saturated carbocycles. The van der Waals surface area contributed by atoms with Gasteiger partial charge in [-0.05, 0) is 49.9 Å². The third-order valence-corrected chi connectivity index (χ3v) is 5.07. The summed E-state index contributed by atoms with van der Waals surface area (Å²) in [4.78, 5) is 0. The fourth-order valence-corrected chi connectivity index (χ4v) is 2.83. The lowest BCUT2D eigenvalue weighted by Crippen LogP contribution is -2.11. The summed E-state index contributed by atoms with van der Waals surface area (Å²) in [5.74, 6) is 0.528. The lowest BCUT2D eigenvalue weighted by Gasteiger charge is -2.17. The van der Waals surface area contributed by atoms with Crippen LogP contribution in [0.4, 0.5) is 0 Å². The standard InChI is InChI=1S/C13H19Br2NO2.ClH/c1-3-4-5-6-9(16)8-7-10(18-2)13(17)12(15)11(8)14;/h7,9,17H,3-6,16H2,1-2H3;1H/t9-;/m1./s1. The summed E-state index contributed by atoms with van der Waals surface area (Å²) in [7, 11) is 1.53. The number of hydrogen-bond acceptors (Lipinski definition) is 3. The van der Waals surface area contributed by atoms with Crippen molar-refractivity contribution >= 4 is 44.3 Å². The van der Waals surface area contributed by atoms with Crippen molar-refractivity contribution in [2.24, 2.45) is 5.73 Å². The number of ether oxygens (including phenoxy) is 1. The molecule has 0 amide bonds. The van der Waals surface area contributed by atoms with Crippen LogP contribution in [0.5, 0.6) is 11.5 Å². The van der Waals surface area contributed by atoms with Crippen molar-refractivity contribution in [3.8, 4) is 11.5 Å². The highest BCUT2D eigenvalue weighted by Crippen LogP contribution is 2.43. The summed E-state index contributed by atoms with van der Waals surface area (Å²) in [5.41, 5.74) is 7.14. The van der Waals surface area contributed by atoms with Crippen molar-refractivity contribution in [1.82, 2.24) is 0 Å². The van der Waals surface area contributed by atoms with Gasteiger partial charge < -0.3 is 15.6 Å². The monoisotopic (exact) mass is 415 g/mol. The molecule has 0 fully saturated rings. The molecule has 0 aliphatic rings. The zero-order valence-corrected chi connectivity index (χ0v) is 15.1. The summed E-state index contributed by atoms with van der Waals surface area (Å²) in [5, 5.41) is 9.86. The minimum Gasteiger partial charge on any atom is -0.503 e. The van der Waals surface area contributed by atoms with Crippen LogP contribution >= 0.6 is 44.3 Å². The van der Waals surface area contributed by atoms with Crippen LogP contribution in [0.2, 0.25) is 0 Å². The maximum atomic E-state index is 9.86. The van der Waals surface area contributed by atoms with Crippen molar-refractivity contribution in [2.45, 2.75) is 38.6 Å². The zero-order chi connectivity index (χ0) is 13.7. The van der Waals surface area contributed by atoms with Gasteiger partial charge in [-0.2, -0.15) is 0 Å². The normalized spacial score (nSPS) is 11.8. The lowest BCUT2D eigenvalue weighted by molar-refractivity contribution is 0.370. The van der Waals surface area contributed by atoms with Crippen molar-refractivity contribution in [3.05, 3.63) is 20.6 Å². The second kappa shape index (κ2) is 9.06. The van der Waals surface area contributed by atoms with E-state index >= 15 is 0 Å². The van der Waals surface area contributed by atoms with Crippen LogP contribution in [-0.2, 0) is 0 Å². The number of nitrogens with two attached hydrogens (primary N) is 1. The molecular weight excluding hydrogens is 397 g/mol. The summed E-state index contributed by atoms with van der Waals surface area (Å²) < 4.78 is 6.52. The Morgan fingerprint density at radius 2 is 1.95 bits per heavy atom.